The van der Waals surface area contributed by atoms with Gasteiger partial charge in [0.05, 0.1) is 11.8 Å². The van der Waals surface area contributed by atoms with Crippen LogP contribution in [-0.4, -0.2) is 47.0 Å². The van der Waals surface area contributed by atoms with Gasteiger partial charge in [0.25, 0.3) is 5.91 Å². The van der Waals surface area contributed by atoms with Crippen molar-refractivity contribution in [3.05, 3.63) is 53.4 Å². The van der Waals surface area contributed by atoms with Gasteiger partial charge in [0.15, 0.2) is 10.8 Å². The second-order valence-electron chi connectivity index (χ2n) is 5.78. The lowest BCUT2D eigenvalue weighted by Gasteiger charge is -2.35. The minimum Gasteiger partial charge on any atom is -0.462 e. The number of aromatic nitrogens is 2. The van der Waals surface area contributed by atoms with Crippen molar-refractivity contribution in [3.8, 4) is 16.8 Å². The molecule has 0 unspecified atom stereocenters. The zero-order chi connectivity index (χ0) is 17.9. The van der Waals surface area contributed by atoms with E-state index in [0.29, 0.717) is 54.0 Å². The maximum Gasteiger partial charge on any atom is 0.273 e. The first-order valence-corrected chi connectivity index (χ1v) is 9.03. The third-order valence-electron chi connectivity index (χ3n) is 4.23. The number of pyridine rings is 1. The molecule has 0 saturated carbocycles. The Morgan fingerprint density at radius 1 is 1.23 bits per heavy atom. The molecule has 130 valence electrons. The molecule has 4 heterocycles. The molecule has 1 saturated heterocycles. The van der Waals surface area contributed by atoms with Crippen molar-refractivity contribution in [3.63, 3.8) is 0 Å². The molecule has 1 fully saturated rings. The summed E-state index contributed by atoms with van der Waals surface area (Å²) < 4.78 is 5.33. The summed E-state index contributed by atoms with van der Waals surface area (Å²) in [5.41, 5.74) is 0.986. The van der Waals surface area contributed by atoms with E-state index in [9.17, 15) is 10.1 Å². The summed E-state index contributed by atoms with van der Waals surface area (Å²) >= 11 is 1.39. The van der Waals surface area contributed by atoms with Crippen LogP contribution < -0.4 is 4.90 Å². The Bertz CT molecular complexity index is 952. The predicted octanol–water partition coefficient (Wildman–Crippen LogP) is 2.63. The molecule has 3 aromatic rings. The number of hydrogen-bond donors (Lipinski definition) is 0. The van der Waals surface area contributed by atoms with Crippen molar-refractivity contribution in [1.29, 1.82) is 5.26 Å². The monoisotopic (exact) mass is 365 g/mol. The van der Waals surface area contributed by atoms with E-state index in [2.05, 4.69) is 16.0 Å². The number of carbonyl (C=O) groups excluding carboxylic acids is 1. The van der Waals surface area contributed by atoms with Crippen molar-refractivity contribution >= 4 is 23.1 Å². The molecule has 0 atom stereocenters. The van der Waals surface area contributed by atoms with E-state index < -0.39 is 0 Å². The first-order valence-electron chi connectivity index (χ1n) is 8.15. The molecule has 1 aliphatic heterocycles. The zero-order valence-corrected chi connectivity index (χ0v) is 14.6. The Balaban J connectivity index is 1.43. The number of rotatable bonds is 3. The third kappa shape index (κ3) is 3.05. The van der Waals surface area contributed by atoms with Gasteiger partial charge in [0.1, 0.15) is 17.6 Å². The van der Waals surface area contributed by atoms with Crippen LogP contribution in [0.5, 0.6) is 0 Å². The SMILES string of the molecule is N#Cc1cccnc1N1CCN(C(=O)c2csc(-c3ccco3)n2)CC1. The van der Waals surface area contributed by atoms with Crippen LogP contribution in [0.15, 0.2) is 46.5 Å². The molecule has 0 bridgehead atoms. The van der Waals surface area contributed by atoms with E-state index >= 15 is 0 Å². The lowest BCUT2D eigenvalue weighted by molar-refractivity contribution is 0.0741. The molecule has 0 spiro atoms. The topological polar surface area (TPSA) is 86.3 Å². The number of amides is 1. The van der Waals surface area contributed by atoms with E-state index in [1.54, 1.807) is 40.9 Å². The molecule has 0 aromatic carbocycles. The lowest BCUT2D eigenvalue weighted by atomic mass is 10.2. The number of piperazine rings is 1. The fraction of sp³-hybridized carbons (Fsp3) is 0.222. The Morgan fingerprint density at radius 2 is 2.08 bits per heavy atom. The second-order valence-corrected chi connectivity index (χ2v) is 6.64. The van der Waals surface area contributed by atoms with Crippen LogP contribution in [0.2, 0.25) is 0 Å². The quantitative estimate of drug-likeness (QED) is 0.709. The Hall–Kier alpha value is -3.18. The average Bonchev–Trinajstić information content (AvgIpc) is 3.39. The normalized spacial score (nSPS) is 14.3. The number of furan rings is 1. The fourth-order valence-corrected chi connectivity index (χ4v) is 3.67. The maximum atomic E-state index is 12.7. The first-order chi connectivity index (χ1) is 12.8. The predicted molar refractivity (Wildman–Crippen MR) is 96.9 cm³/mol. The van der Waals surface area contributed by atoms with Crippen molar-refractivity contribution in [2.24, 2.45) is 0 Å². The van der Waals surface area contributed by atoms with Crippen LogP contribution >= 0.6 is 11.3 Å². The van der Waals surface area contributed by atoms with Crippen LogP contribution in [0.1, 0.15) is 16.1 Å². The second kappa shape index (κ2) is 6.98. The largest absolute Gasteiger partial charge is 0.462 e. The van der Waals surface area contributed by atoms with Gasteiger partial charge < -0.3 is 14.2 Å². The van der Waals surface area contributed by atoms with E-state index in [1.807, 2.05) is 11.0 Å². The summed E-state index contributed by atoms with van der Waals surface area (Å²) in [6.07, 6.45) is 3.27. The summed E-state index contributed by atoms with van der Waals surface area (Å²) in [6, 6.07) is 9.29. The smallest absolute Gasteiger partial charge is 0.273 e. The number of nitrogens with zero attached hydrogens (tertiary/aromatic N) is 5. The number of hydrogen-bond acceptors (Lipinski definition) is 7. The Morgan fingerprint density at radius 3 is 2.81 bits per heavy atom. The standard InChI is InChI=1S/C18H15N5O2S/c19-11-13-3-1-5-20-16(13)22-6-8-23(9-7-22)18(24)14-12-26-17(21-14)15-4-2-10-25-15/h1-5,10,12H,6-9H2. The summed E-state index contributed by atoms with van der Waals surface area (Å²) in [6.45, 7) is 2.39. The summed E-state index contributed by atoms with van der Waals surface area (Å²) in [5, 5.41) is 11.7. The molecular formula is C18H15N5O2S. The molecule has 1 amide bonds. The average molecular weight is 365 g/mol. The van der Waals surface area contributed by atoms with Gasteiger partial charge >= 0.3 is 0 Å². The van der Waals surface area contributed by atoms with Gasteiger partial charge in [-0.1, -0.05) is 0 Å². The van der Waals surface area contributed by atoms with Crippen LogP contribution in [0.25, 0.3) is 10.8 Å². The van der Waals surface area contributed by atoms with Crippen LogP contribution in [0, 0.1) is 11.3 Å². The number of anilines is 1. The molecule has 0 N–H and O–H groups in total. The van der Waals surface area contributed by atoms with Crippen molar-refractivity contribution in [2.75, 3.05) is 31.1 Å². The summed E-state index contributed by atoms with van der Waals surface area (Å²) in [5.74, 6) is 1.26. The number of carbonyl (C=O) groups is 1. The van der Waals surface area contributed by atoms with Gasteiger partial charge in [-0.05, 0) is 24.3 Å². The van der Waals surface area contributed by atoms with Gasteiger partial charge in [-0.15, -0.1) is 11.3 Å². The maximum absolute atomic E-state index is 12.7. The minimum absolute atomic E-state index is 0.0831. The highest BCUT2D eigenvalue weighted by atomic mass is 32.1. The molecule has 3 aromatic heterocycles. The molecule has 7 nitrogen and oxygen atoms in total. The van der Waals surface area contributed by atoms with Gasteiger partial charge in [-0.2, -0.15) is 5.26 Å². The van der Waals surface area contributed by atoms with E-state index in [4.69, 9.17) is 4.42 Å². The van der Waals surface area contributed by atoms with Gasteiger partial charge in [0.2, 0.25) is 0 Å². The van der Waals surface area contributed by atoms with Gasteiger partial charge in [-0.25, -0.2) is 9.97 Å². The van der Waals surface area contributed by atoms with Gasteiger partial charge in [0, 0.05) is 37.8 Å². The van der Waals surface area contributed by atoms with Crippen molar-refractivity contribution in [2.45, 2.75) is 0 Å². The zero-order valence-electron chi connectivity index (χ0n) is 13.8. The molecule has 4 rings (SSSR count). The minimum atomic E-state index is -0.0831. The summed E-state index contributed by atoms with van der Waals surface area (Å²) in [7, 11) is 0. The fourth-order valence-electron chi connectivity index (χ4n) is 2.90. The van der Waals surface area contributed by atoms with Crippen LogP contribution in [-0.2, 0) is 0 Å². The highest BCUT2D eigenvalue weighted by Gasteiger charge is 2.25. The third-order valence-corrected chi connectivity index (χ3v) is 5.09. The van der Waals surface area contributed by atoms with E-state index in [0.717, 1.165) is 0 Å². The van der Waals surface area contributed by atoms with Crippen molar-refractivity contribution < 1.29 is 9.21 Å². The summed E-state index contributed by atoms with van der Waals surface area (Å²) in [4.78, 5) is 25.2. The first kappa shape index (κ1) is 16.3. The number of thiazole rings is 1. The molecule has 0 aliphatic carbocycles. The number of nitriles is 1. The molecule has 1 aliphatic rings. The van der Waals surface area contributed by atoms with Crippen LogP contribution in [0.4, 0.5) is 5.82 Å². The molecule has 8 heteroatoms. The Kier molecular flexibility index (Phi) is 4.37. The molecular weight excluding hydrogens is 350 g/mol. The molecule has 0 radical (unpaired) electrons. The van der Waals surface area contributed by atoms with Gasteiger partial charge in [-0.3, -0.25) is 4.79 Å². The Labute approximate surface area is 154 Å². The van der Waals surface area contributed by atoms with E-state index in [1.165, 1.54) is 11.3 Å². The highest BCUT2D eigenvalue weighted by molar-refractivity contribution is 7.13. The van der Waals surface area contributed by atoms with E-state index in [-0.39, 0.29) is 5.91 Å². The van der Waals surface area contributed by atoms with Crippen LogP contribution in [0.3, 0.4) is 0 Å². The molecule has 26 heavy (non-hydrogen) atoms. The highest BCUT2D eigenvalue weighted by Crippen LogP contribution is 2.25. The lowest BCUT2D eigenvalue weighted by Crippen LogP contribution is -2.49. The van der Waals surface area contributed by atoms with Crippen molar-refractivity contribution in [1.82, 2.24) is 14.9 Å².